The van der Waals surface area contributed by atoms with Crippen LogP contribution >= 0.6 is 0 Å². The van der Waals surface area contributed by atoms with E-state index in [2.05, 4.69) is 81.5 Å². The van der Waals surface area contributed by atoms with E-state index in [4.69, 9.17) is 14.2 Å². The number of hydrogen-bond donors (Lipinski definition) is 0. The Labute approximate surface area is 349 Å². The van der Waals surface area contributed by atoms with E-state index in [0.717, 1.165) is 109 Å². The van der Waals surface area contributed by atoms with Gasteiger partial charge in [0.15, 0.2) is 6.10 Å². The molecule has 0 amide bonds. The molecule has 0 rings (SSSR count). The molecule has 0 heterocycles. The zero-order chi connectivity index (χ0) is 41.5. The number of unbranched alkanes of at least 4 members (excludes halogenated alkanes) is 16. The Morgan fingerprint density at radius 2 is 0.807 bits per heavy atom. The number of carbonyl (C=O) groups excluding carboxylic acids is 3. The van der Waals surface area contributed by atoms with Gasteiger partial charge in [-0.05, 0) is 83.5 Å². The van der Waals surface area contributed by atoms with Gasteiger partial charge in [0.1, 0.15) is 13.2 Å². The maximum Gasteiger partial charge on any atom is 0.306 e. The number of ether oxygens (including phenoxy) is 3. The van der Waals surface area contributed by atoms with Gasteiger partial charge in [-0.25, -0.2) is 0 Å². The largest absolute Gasteiger partial charge is 0.462 e. The van der Waals surface area contributed by atoms with Crippen LogP contribution in [0.2, 0.25) is 0 Å². The van der Waals surface area contributed by atoms with Gasteiger partial charge in [0.05, 0.1) is 0 Å². The van der Waals surface area contributed by atoms with E-state index in [-0.39, 0.29) is 31.1 Å². The van der Waals surface area contributed by atoms with Crippen LogP contribution in [0.1, 0.15) is 188 Å². The summed E-state index contributed by atoms with van der Waals surface area (Å²) in [5, 5.41) is 0. The highest BCUT2D eigenvalue weighted by Gasteiger charge is 2.19. The van der Waals surface area contributed by atoms with Crippen molar-refractivity contribution in [2.24, 2.45) is 0 Å². The molecule has 0 N–H and O–H groups in total. The Kier molecular flexibility index (Phi) is 42.1. The maximum absolute atomic E-state index is 12.7. The minimum Gasteiger partial charge on any atom is -0.462 e. The smallest absolute Gasteiger partial charge is 0.306 e. The summed E-state index contributed by atoms with van der Waals surface area (Å²) in [6.07, 6.45) is 58.2. The molecule has 57 heavy (non-hydrogen) atoms. The molecule has 0 aromatic carbocycles. The molecule has 6 nitrogen and oxygen atoms in total. The third kappa shape index (κ3) is 43.3. The number of rotatable bonds is 39. The van der Waals surface area contributed by atoms with E-state index in [1.54, 1.807) is 0 Å². The summed E-state index contributed by atoms with van der Waals surface area (Å²) in [6.45, 7) is 6.31. The van der Waals surface area contributed by atoms with Gasteiger partial charge < -0.3 is 14.2 Å². The third-order valence-corrected chi connectivity index (χ3v) is 9.15. The Hall–Kier alpha value is -3.67. The average Bonchev–Trinajstić information content (AvgIpc) is 3.21. The van der Waals surface area contributed by atoms with E-state index in [1.165, 1.54) is 32.1 Å². The van der Waals surface area contributed by atoms with Crippen molar-refractivity contribution in [1.29, 1.82) is 0 Å². The van der Waals surface area contributed by atoms with Crippen molar-refractivity contribution in [3.8, 4) is 0 Å². The lowest BCUT2D eigenvalue weighted by Gasteiger charge is -2.18. The van der Waals surface area contributed by atoms with Crippen molar-refractivity contribution >= 4 is 17.9 Å². The summed E-state index contributed by atoms with van der Waals surface area (Å²) in [5.41, 5.74) is 0. The predicted octanol–water partition coefficient (Wildman–Crippen LogP) is 14.6. The molecule has 0 aromatic rings. The van der Waals surface area contributed by atoms with Gasteiger partial charge in [-0.15, -0.1) is 0 Å². The highest BCUT2D eigenvalue weighted by molar-refractivity contribution is 5.71. The quantitative estimate of drug-likeness (QED) is 0.0203. The third-order valence-electron chi connectivity index (χ3n) is 9.15. The summed E-state index contributed by atoms with van der Waals surface area (Å²) < 4.78 is 16.6. The van der Waals surface area contributed by atoms with Gasteiger partial charge in [0.2, 0.25) is 0 Å². The summed E-state index contributed by atoms with van der Waals surface area (Å²) in [5.74, 6) is -0.992. The van der Waals surface area contributed by atoms with Gasteiger partial charge >= 0.3 is 17.9 Å². The Balaban J connectivity index is 4.46. The molecule has 0 aliphatic heterocycles. The highest BCUT2D eigenvalue weighted by atomic mass is 16.6. The Morgan fingerprint density at radius 1 is 0.386 bits per heavy atom. The molecule has 0 aliphatic carbocycles. The zero-order valence-electron chi connectivity index (χ0n) is 36.6. The van der Waals surface area contributed by atoms with Crippen molar-refractivity contribution in [3.05, 3.63) is 97.2 Å². The van der Waals surface area contributed by atoms with Crippen molar-refractivity contribution in [1.82, 2.24) is 0 Å². The second-order valence-corrected chi connectivity index (χ2v) is 14.7. The van der Waals surface area contributed by atoms with E-state index in [9.17, 15) is 14.4 Å². The monoisotopic (exact) mass is 791 g/mol. The summed E-state index contributed by atoms with van der Waals surface area (Å²) >= 11 is 0. The van der Waals surface area contributed by atoms with Crippen LogP contribution in [0.4, 0.5) is 0 Å². The fraction of sp³-hybridized carbons (Fsp3) is 0.627. The first-order chi connectivity index (χ1) is 28.0. The van der Waals surface area contributed by atoms with Gasteiger partial charge in [-0.3, -0.25) is 14.4 Å². The minimum absolute atomic E-state index is 0.107. The molecular formula is C51H82O6. The van der Waals surface area contributed by atoms with Gasteiger partial charge in [-0.1, -0.05) is 182 Å². The van der Waals surface area contributed by atoms with Crippen LogP contribution in [0.15, 0.2) is 97.2 Å². The number of hydrogen-bond acceptors (Lipinski definition) is 6. The van der Waals surface area contributed by atoms with Crippen molar-refractivity contribution in [2.75, 3.05) is 13.2 Å². The lowest BCUT2D eigenvalue weighted by molar-refractivity contribution is -0.167. The number of carbonyl (C=O) groups is 3. The lowest BCUT2D eigenvalue weighted by atomic mass is 10.1. The Bertz CT molecular complexity index is 1180. The normalized spacial score (nSPS) is 13.0. The minimum atomic E-state index is -0.805. The SMILES string of the molecule is CC/C=C\C/C=C\CCCCCCCC(=O)OC(COC(=O)CCC/C=C\CCCCCC)COC(=O)CCCCCCC\C=C/C=C\C=C/C=C\C=C/CCC. The van der Waals surface area contributed by atoms with Crippen LogP contribution in [0.5, 0.6) is 0 Å². The topological polar surface area (TPSA) is 78.9 Å². The maximum atomic E-state index is 12.7. The van der Waals surface area contributed by atoms with E-state index in [1.807, 2.05) is 36.5 Å². The first-order valence-corrected chi connectivity index (χ1v) is 22.8. The van der Waals surface area contributed by atoms with E-state index >= 15 is 0 Å². The summed E-state index contributed by atoms with van der Waals surface area (Å²) in [4.78, 5) is 37.7. The lowest BCUT2D eigenvalue weighted by Crippen LogP contribution is -2.30. The van der Waals surface area contributed by atoms with Gasteiger partial charge in [0.25, 0.3) is 0 Å². The second-order valence-electron chi connectivity index (χ2n) is 14.7. The van der Waals surface area contributed by atoms with Crippen LogP contribution in [-0.4, -0.2) is 37.2 Å². The summed E-state index contributed by atoms with van der Waals surface area (Å²) in [7, 11) is 0. The number of allylic oxidation sites excluding steroid dienone is 16. The molecule has 0 aliphatic rings. The summed E-state index contributed by atoms with van der Waals surface area (Å²) in [6, 6.07) is 0. The van der Waals surface area contributed by atoms with Gasteiger partial charge in [-0.2, -0.15) is 0 Å². The first-order valence-electron chi connectivity index (χ1n) is 22.8. The molecule has 1 atom stereocenters. The van der Waals surface area contributed by atoms with Crippen molar-refractivity contribution < 1.29 is 28.6 Å². The van der Waals surface area contributed by atoms with Crippen molar-refractivity contribution in [2.45, 2.75) is 194 Å². The zero-order valence-corrected chi connectivity index (χ0v) is 36.6. The van der Waals surface area contributed by atoms with Crippen LogP contribution in [0, 0.1) is 0 Å². The molecule has 0 spiro atoms. The van der Waals surface area contributed by atoms with Crippen LogP contribution in [-0.2, 0) is 28.6 Å². The van der Waals surface area contributed by atoms with Gasteiger partial charge in [0, 0.05) is 19.3 Å². The van der Waals surface area contributed by atoms with E-state index in [0.29, 0.717) is 25.7 Å². The van der Waals surface area contributed by atoms with Crippen LogP contribution in [0.3, 0.4) is 0 Å². The molecule has 0 aromatic heterocycles. The van der Waals surface area contributed by atoms with Crippen LogP contribution in [0.25, 0.3) is 0 Å². The fourth-order valence-corrected chi connectivity index (χ4v) is 5.75. The highest BCUT2D eigenvalue weighted by Crippen LogP contribution is 2.12. The molecule has 1 unspecified atom stereocenters. The van der Waals surface area contributed by atoms with Crippen molar-refractivity contribution in [3.63, 3.8) is 0 Å². The molecular weight excluding hydrogens is 709 g/mol. The molecule has 0 bridgehead atoms. The number of esters is 3. The molecule has 322 valence electrons. The second kappa shape index (κ2) is 45.0. The standard InChI is InChI=1S/C51H82O6/c1-4-7-10-13-16-19-21-23-24-25-26-27-28-30-32-35-38-41-44-50(53)56-47-48(46-55-49(52)43-40-37-34-31-18-15-12-9-6-3)57-51(54)45-42-39-36-33-29-22-20-17-14-11-8-5-2/h8,10-11,13,16-17,19-21,23-27,31,34,48H,4-7,9,12,14-15,18,22,28-30,32-33,35-47H2,1-3H3/b11-8-,13-10-,19-16-,20-17-,23-21-,25-24-,27-26-,34-31-. The average molecular weight is 791 g/mol. The fourth-order valence-electron chi connectivity index (χ4n) is 5.75. The van der Waals surface area contributed by atoms with E-state index < -0.39 is 6.10 Å². The Morgan fingerprint density at radius 3 is 1.37 bits per heavy atom. The molecule has 0 radical (unpaired) electrons. The molecule has 0 saturated carbocycles. The first kappa shape index (κ1) is 53.3. The molecule has 0 fully saturated rings. The predicted molar refractivity (Wildman–Crippen MR) is 242 cm³/mol. The van der Waals surface area contributed by atoms with Crippen LogP contribution < -0.4 is 0 Å². The molecule has 0 saturated heterocycles. The molecule has 6 heteroatoms.